The molecule has 5 nitrogen and oxygen atoms in total. The molecule has 1 aromatic carbocycles. The Bertz CT molecular complexity index is 437. The molecule has 0 aliphatic heterocycles. The number of aliphatic hydroxyl groups excluding tert-OH is 1. The smallest absolute Gasteiger partial charge is 0.339 e. The highest BCUT2D eigenvalue weighted by Gasteiger charge is 2.24. The van der Waals surface area contributed by atoms with Gasteiger partial charge in [-0.15, -0.1) is 0 Å². The largest absolute Gasteiger partial charge is 0.488 e. The molecule has 0 aromatic heterocycles. The molecule has 0 spiro atoms. The lowest BCUT2D eigenvalue weighted by atomic mass is 9.90. The van der Waals surface area contributed by atoms with E-state index in [0.29, 0.717) is 0 Å². The van der Waals surface area contributed by atoms with Crippen LogP contribution in [0.5, 0.6) is 5.75 Å². The van der Waals surface area contributed by atoms with Crippen LogP contribution < -0.4 is 10.5 Å². The van der Waals surface area contributed by atoms with Gasteiger partial charge in [-0.2, -0.15) is 0 Å². The van der Waals surface area contributed by atoms with E-state index < -0.39 is 12.1 Å². The van der Waals surface area contributed by atoms with Crippen molar-refractivity contribution < 1.29 is 19.7 Å². The predicted molar refractivity (Wildman–Crippen MR) is 68.8 cm³/mol. The van der Waals surface area contributed by atoms with Crippen molar-refractivity contribution in [2.75, 3.05) is 12.3 Å². The lowest BCUT2D eigenvalue weighted by molar-refractivity contribution is 0.0215. The van der Waals surface area contributed by atoms with E-state index in [4.69, 9.17) is 15.6 Å². The molecule has 0 fully saturated rings. The van der Waals surface area contributed by atoms with Crippen LogP contribution in [-0.4, -0.2) is 28.9 Å². The molecule has 1 rings (SSSR count). The fourth-order valence-electron chi connectivity index (χ4n) is 1.30. The molecule has 0 heterocycles. The summed E-state index contributed by atoms with van der Waals surface area (Å²) in [4.78, 5) is 11.0. The number of carboxylic acids is 1. The van der Waals surface area contributed by atoms with Crippen LogP contribution in [-0.2, 0) is 0 Å². The van der Waals surface area contributed by atoms with Crippen molar-refractivity contribution in [2.45, 2.75) is 26.9 Å². The molecule has 0 radical (unpaired) electrons. The van der Waals surface area contributed by atoms with Crippen LogP contribution in [0, 0.1) is 5.41 Å². The van der Waals surface area contributed by atoms with Crippen molar-refractivity contribution in [1.82, 2.24) is 0 Å². The molecule has 0 saturated heterocycles. The van der Waals surface area contributed by atoms with Gasteiger partial charge >= 0.3 is 5.97 Å². The monoisotopic (exact) mass is 253 g/mol. The van der Waals surface area contributed by atoms with E-state index in [0.717, 1.165) is 0 Å². The highest BCUT2D eigenvalue weighted by molar-refractivity contribution is 5.93. The van der Waals surface area contributed by atoms with Crippen LogP contribution in [0.25, 0.3) is 0 Å². The molecule has 0 aliphatic rings. The molecule has 1 aromatic rings. The standard InChI is InChI=1S/C13H19NO4/c1-13(2,3)10(15)7-18-11-8(12(16)17)5-4-6-9(11)14/h4-6,10,15H,7,14H2,1-3H3,(H,16,17). The Morgan fingerprint density at radius 3 is 2.56 bits per heavy atom. The molecule has 4 N–H and O–H groups in total. The van der Waals surface area contributed by atoms with Gasteiger partial charge in [0.25, 0.3) is 0 Å². The summed E-state index contributed by atoms with van der Waals surface area (Å²) in [6.45, 7) is 5.60. The van der Waals surface area contributed by atoms with Gasteiger partial charge in [-0.25, -0.2) is 4.79 Å². The number of rotatable bonds is 4. The molecule has 100 valence electrons. The summed E-state index contributed by atoms with van der Waals surface area (Å²) in [5.74, 6) is -1.00. The fraction of sp³-hybridized carbons (Fsp3) is 0.462. The minimum Gasteiger partial charge on any atom is -0.488 e. The van der Waals surface area contributed by atoms with Crippen LogP contribution in [0.3, 0.4) is 0 Å². The first kappa shape index (κ1) is 14.3. The van der Waals surface area contributed by atoms with Gasteiger partial charge in [0, 0.05) is 0 Å². The van der Waals surface area contributed by atoms with Crippen LogP contribution in [0.2, 0.25) is 0 Å². The van der Waals surface area contributed by atoms with E-state index in [1.165, 1.54) is 6.07 Å². The van der Waals surface area contributed by atoms with Crippen molar-refractivity contribution in [1.29, 1.82) is 0 Å². The molecule has 0 amide bonds. The molecule has 5 heteroatoms. The van der Waals surface area contributed by atoms with Crippen molar-refractivity contribution in [3.8, 4) is 5.75 Å². The third-order valence-electron chi connectivity index (χ3n) is 2.66. The number of ether oxygens (including phenoxy) is 1. The van der Waals surface area contributed by atoms with E-state index in [1.54, 1.807) is 12.1 Å². The highest BCUT2D eigenvalue weighted by atomic mass is 16.5. The lowest BCUT2D eigenvalue weighted by Gasteiger charge is -2.26. The predicted octanol–water partition coefficient (Wildman–Crippen LogP) is 1.75. The van der Waals surface area contributed by atoms with Gasteiger partial charge in [0.2, 0.25) is 0 Å². The number of para-hydroxylation sites is 1. The van der Waals surface area contributed by atoms with Crippen LogP contribution in [0.4, 0.5) is 5.69 Å². The minimum atomic E-state index is -1.11. The maximum atomic E-state index is 11.0. The number of carboxylic acid groups (broad SMARTS) is 1. The molecule has 0 saturated carbocycles. The Kier molecular flexibility index (Phi) is 4.19. The van der Waals surface area contributed by atoms with Crippen LogP contribution in [0.15, 0.2) is 18.2 Å². The Labute approximate surface area is 106 Å². The second kappa shape index (κ2) is 5.27. The van der Waals surface area contributed by atoms with E-state index in [2.05, 4.69) is 0 Å². The first-order chi connectivity index (χ1) is 8.23. The van der Waals surface area contributed by atoms with Gasteiger partial charge in [-0.05, 0) is 17.5 Å². The summed E-state index contributed by atoms with van der Waals surface area (Å²) in [5.41, 5.74) is 5.59. The number of aromatic carboxylic acids is 1. The summed E-state index contributed by atoms with van der Waals surface area (Å²) >= 11 is 0. The molecular formula is C13H19NO4. The minimum absolute atomic E-state index is 0.00199. The number of benzene rings is 1. The number of anilines is 1. The van der Waals surface area contributed by atoms with Crippen molar-refractivity contribution in [2.24, 2.45) is 5.41 Å². The zero-order valence-corrected chi connectivity index (χ0v) is 10.8. The van der Waals surface area contributed by atoms with Gasteiger partial charge in [-0.3, -0.25) is 0 Å². The molecule has 1 atom stereocenters. The maximum Gasteiger partial charge on any atom is 0.339 e. The van der Waals surface area contributed by atoms with Gasteiger partial charge in [0.15, 0.2) is 5.75 Å². The van der Waals surface area contributed by atoms with Crippen molar-refractivity contribution in [3.63, 3.8) is 0 Å². The summed E-state index contributed by atoms with van der Waals surface area (Å²) < 4.78 is 5.36. The van der Waals surface area contributed by atoms with Crippen molar-refractivity contribution in [3.05, 3.63) is 23.8 Å². The Morgan fingerprint density at radius 1 is 1.44 bits per heavy atom. The number of hydrogen-bond acceptors (Lipinski definition) is 4. The average molecular weight is 253 g/mol. The second-order valence-corrected chi connectivity index (χ2v) is 5.22. The average Bonchev–Trinajstić information content (AvgIpc) is 2.25. The molecule has 0 aliphatic carbocycles. The summed E-state index contributed by atoms with van der Waals surface area (Å²) in [6, 6.07) is 4.52. The summed E-state index contributed by atoms with van der Waals surface area (Å²) in [5, 5.41) is 18.9. The summed E-state index contributed by atoms with van der Waals surface area (Å²) in [7, 11) is 0. The number of aliphatic hydroxyl groups is 1. The van der Waals surface area contributed by atoms with Gasteiger partial charge < -0.3 is 20.7 Å². The molecule has 1 unspecified atom stereocenters. The van der Waals surface area contributed by atoms with Gasteiger partial charge in [0.05, 0.1) is 11.8 Å². The zero-order chi connectivity index (χ0) is 13.9. The molecular weight excluding hydrogens is 234 g/mol. The Hall–Kier alpha value is -1.75. The first-order valence-corrected chi connectivity index (χ1v) is 5.66. The number of nitrogen functional groups attached to an aromatic ring is 1. The summed E-state index contributed by atoms with van der Waals surface area (Å²) in [6.07, 6.45) is -0.709. The third kappa shape index (κ3) is 3.37. The normalized spacial score (nSPS) is 13.1. The van der Waals surface area contributed by atoms with E-state index in [9.17, 15) is 9.90 Å². The highest BCUT2D eigenvalue weighted by Crippen LogP contribution is 2.28. The maximum absolute atomic E-state index is 11.0. The Balaban J connectivity index is 2.88. The quantitative estimate of drug-likeness (QED) is 0.711. The third-order valence-corrected chi connectivity index (χ3v) is 2.66. The zero-order valence-electron chi connectivity index (χ0n) is 10.8. The topological polar surface area (TPSA) is 92.8 Å². The number of hydrogen-bond donors (Lipinski definition) is 3. The number of nitrogens with two attached hydrogens (primary N) is 1. The van der Waals surface area contributed by atoms with Crippen LogP contribution >= 0.6 is 0 Å². The van der Waals surface area contributed by atoms with E-state index >= 15 is 0 Å². The number of carbonyl (C=O) groups is 1. The van der Waals surface area contributed by atoms with E-state index in [-0.39, 0.29) is 29.0 Å². The second-order valence-electron chi connectivity index (χ2n) is 5.22. The molecule has 0 bridgehead atoms. The molecule has 18 heavy (non-hydrogen) atoms. The van der Waals surface area contributed by atoms with Crippen LogP contribution in [0.1, 0.15) is 31.1 Å². The fourth-order valence-corrected chi connectivity index (χ4v) is 1.30. The van der Waals surface area contributed by atoms with Crippen molar-refractivity contribution >= 4 is 11.7 Å². The SMILES string of the molecule is CC(C)(C)C(O)COc1c(N)cccc1C(=O)O. The van der Waals surface area contributed by atoms with Gasteiger partial charge in [0.1, 0.15) is 12.2 Å². The lowest BCUT2D eigenvalue weighted by Crippen LogP contribution is -2.32. The first-order valence-electron chi connectivity index (χ1n) is 5.66. The van der Waals surface area contributed by atoms with Gasteiger partial charge in [-0.1, -0.05) is 26.8 Å². The van der Waals surface area contributed by atoms with E-state index in [1.807, 2.05) is 20.8 Å². The Morgan fingerprint density at radius 2 is 2.06 bits per heavy atom.